The zero-order chi connectivity index (χ0) is 15.2. The average molecular weight is 287 g/mol. The Morgan fingerprint density at radius 2 is 1.90 bits per heavy atom. The molecule has 0 aliphatic heterocycles. The van der Waals surface area contributed by atoms with Crippen LogP contribution in [0.4, 0.5) is 10.1 Å². The standard InChI is InChI=1S/C18H22FNO/c1-4-9-21-18-10-13(2)5-8-17(18)20-12-15-11-16(19)7-6-14(15)3/h5-8,10-11,20H,4,9,12H2,1-3H3. The van der Waals surface area contributed by atoms with Crippen molar-refractivity contribution in [3.05, 3.63) is 58.9 Å². The Morgan fingerprint density at radius 1 is 1.10 bits per heavy atom. The van der Waals surface area contributed by atoms with Crippen LogP contribution >= 0.6 is 0 Å². The number of hydrogen-bond acceptors (Lipinski definition) is 2. The van der Waals surface area contributed by atoms with Crippen LogP contribution in [0, 0.1) is 19.7 Å². The lowest BCUT2D eigenvalue weighted by Gasteiger charge is -2.14. The van der Waals surface area contributed by atoms with Gasteiger partial charge in [0.25, 0.3) is 0 Å². The molecule has 0 spiro atoms. The van der Waals surface area contributed by atoms with E-state index in [0.717, 1.165) is 34.5 Å². The fraction of sp³-hybridized carbons (Fsp3) is 0.333. The first-order chi connectivity index (χ1) is 10.1. The molecule has 0 amide bonds. The average Bonchev–Trinajstić information content (AvgIpc) is 2.47. The molecular weight excluding hydrogens is 265 g/mol. The minimum Gasteiger partial charge on any atom is -0.491 e. The molecule has 2 rings (SSSR count). The topological polar surface area (TPSA) is 21.3 Å². The van der Waals surface area contributed by atoms with Crippen molar-refractivity contribution < 1.29 is 9.13 Å². The zero-order valence-corrected chi connectivity index (χ0v) is 12.9. The summed E-state index contributed by atoms with van der Waals surface area (Å²) in [6, 6.07) is 10.9. The Bertz CT molecular complexity index is 610. The number of aryl methyl sites for hydroxylation is 2. The molecule has 0 fully saturated rings. The predicted molar refractivity (Wildman–Crippen MR) is 85.4 cm³/mol. The van der Waals surface area contributed by atoms with Crippen molar-refractivity contribution in [1.29, 1.82) is 0 Å². The number of halogens is 1. The minimum absolute atomic E-state index is 0.205. The molecule has 0 heterocycles. The van der Waals surface area contributed by atoms with E-state index in [4.69, 9.17) is 4.74 Å². The van der Waals surface area contributed by atoms with Crippen LogP contribution in [0.3, 0.4) is 0 Å². The molecule has 0 saturated carbocycles. The van der Waals surface area contributed by atoms with Crippen LogP contribution in [-0.4, -0.2) is 6.61 Å². The van der Waals surface area contributed by atoms with Gasteiger partial charge in [-0.05, 0) is 61.2 Å². The second-order valence-corrected chi connectivity index (χ2v) is 5.27. The fourth-order valence-electron chi connectivity index (χ4n) is 2.13. The number of ether oxygens (including phenoxy) is 1. The van der Waals surface area contributed by atoms with E-state index in [9.17, 15) is 4.39 Å². The summed E-state index contributed by atoms with van der Waals surface area (Å²) in [5.74, 6) is 0.648. The highest BCUT2D eigenvalue weighted by atomic mass is 19.1. The molecule has 0 aliphatic carbocycles. The smallest absolute Gasteiger partial charge is 0.142 e. The van der Waals surface area contributed by atoms with Crippen LogP contribution in [0.2, 0.25) is 0 Å². The third-order valence-corrected chi connectivity index (χ3v) is 3.38. The maximum atomic E-state index is 13.3. The van der Waals surface area contributed by atoms with Crippen molar-refractivity contribution >= 4 is 5.69 Å². The van der Waals surface area contributed by atoms with Gasteiger partial charge in [-0.2, -0.15) is 0 Å². The first-order valence-corrected chi connectivity index (χ1v) is 7.32. The van der Waals surface area contributed by atoms with E-state index in [2.05, 4.69) is 12.2 Å². The Hall–Kier alpha value is -2.03. The van der Waals surface area contributed by atoms with E-state index >= 15 is 0 Å². The maximum absolute atomic E-state index is 13.3. The van der Waals surface area contributed by atoms with E-state index in [1.807, 2.05) is 32.0 Å². The SMILES string of the molecule is CCCOc1cc(C)ccc1NCc1cc(F)ccc1C. The Morgan fingerprint density at radius 3 is 2.67 bits per heavy atom. The second-order valence-electron chi connectivity index (χ2n) is 5.27. The van der Waals surface area contributed by atoms with Crippen molar-refractivity contribution in [2.45, 2.75) is 33.7 Å². The van der Waals surface area contributed by atoms with Crippen LogP contribution in [0.5, 0.6) is 5.75 Å². The molecule has 2 aromatic rings. The molecule has 2 nitrogen and oxygen atoms in total. The summed E-state index contributed by atoms with van der Waals surface area (Å²) < 4.78 is 19.1. The number of nitrogens with one attached hydrogen (secondary N) is 1. The molecule has 112 valence electrons. The third kappa shape index (κ3) is 4.22. The van der Waals surface area contributed by atoms with Gasteiger partial charge in [0.2, 0.25) is 0 Å². The fourth-order valence-corrected chi connectivity index (χ4v) is 2.13. The van der Waals surface area contributed by atoms with Crippen molar-refractivity contribution in [2.75, 3.05) is 11.9 Å². The lowest BCUT2D eigenvalue weighted by Crippen LogP contribution is -2.05. The van der Waals surface area contributed by atoms with Gasteiger partial charge < -0.3 is 10.1 Å². The van der Waals surface area contributed by atoms with Crippen LogP contribution < -0.4 is 10.1 Å². The van der Waals surface area contributed by atoms with Crippen molar-refractivity contribution in [1.82, 2.24) is 0 Å². The molecule has 0 atom stereocenters. The van der Waals surface area contributed by atoms with Crippen LogP contribution in [-0.2, 0) is 6.54 Å². The van der Waals surface area contributed by atoms with Gasteiger partial charge in [-0.1, -0.05) is 19.1 Å². The summed E-state index contributed by atoms with van der Waals surface area (Å²) >= 11 is 0. The van der Waals surface area contributed by atoms with E-state index in [-0.39, 0.29) is 5.82 Å². The Kier molecular flexibility index (Phi) is 5.20. The molecule has 2 aromatic carbocycles. The quantitative estimate of drug-likeness (QED) is 0.820. The third-order valence-electron chi connectivity index (χ3n) is 3.38. The van der Waals surface area contributed by atoms with Gasteiger partial charge in [-0.3, -0.25) is 0 Å². The molecule has 1 N–H and O–H groups in total. The molecule has 3 heteroatoms. The van der Waals surface area contributed by atoms with Crippen molar-refractivity contribution in [3.63, 3.8) is 0 Å². The molecule has 0 aromatic heterocycles. The first-order valence-electron chi connectivity index (χ1n) is 7.32. The normalized spacial score (nSPS) is 10.5. The first kappa shape index (κ1) is 15.4. The highest BCUT2D eigenvalue weighted by Crippen LogP contribution is 2.27. The van der Waals surface area contributed by atoms with Crippen LogP contribution in [0.15, 0.2) is 36.4 Å². The molecular formula is C18H22FNO. The van der Waals surface area contributed by atoms with E-state index in [1.54, 1.807) is 12.1 Å². The van der Waals surface area contributed by atoms with Crippen LogP contribution in [0.25, 0.3) is 0 Å². The van der Waals surface area contributed by atoms with Gasteiger partial charge in [0.15, 0.2) is 0 Å². The van der Waals surface area contributed by atoms with Crippen LogP contribution in [0.1, 0.15) is 30.0 Å². The van der Waals surface area contributed by atoms with E-state index in [0.29, 0.717) is 13.2 Å². The Balaban J connectivity index is 2.13. The number of hydrogen-bond donors (Lipinski definition) is 1. The number of anilines is 1. The zero-order valence-electron chi connectivity index (χ0n) is 12.9. The van der Waals surface area contributed by atoms with Crippen molar-refractivity contribution in [3.8, 4) is 5.75 Å². The van der Waals surface area contributed by atoms with E-state index < -0.39 is 0 Å². The Labute approximate surface area is 126 Å². The van der Waals surface area contributed by atoms with Crippen molar-refractivity contribution in [2.24, 2.45) is 0 Å². The number of rotatable bonds is 6. The molecule has 0 bridgehead atoms. The maximum Gasteiger partial charge on any atom is 0.142 e. The lowest BCUT2D eigenvalue weighted by molar-refractivity contribution is 0.318. The highest BCUT2D eigenvalue weighted by molar-refractivity contribution is 5.58. The van der Waals surface area contributed by atoms with Gasteiger partial charge in [0.05, 0.1) is 12.3 Å². The lowest BCUT2D eigenvalue weighted by atomic mass is 10.1. The van der Waals surface area contributed by atoms with Gasteiger partial charge in [0, 0.05) is 6.54 Å². The van der Waals surface area contributed by atoms with E-state index in [1.165, 1.54) is 6.07 Å². The summed E-state index contributed by atoms with van der Waals surface area (Å²) in [4.78, 5) is 0. The molecule has 0 aliphatic rings. The predicted octanol–water partition coefficient (Wildman–Crippen LogP) is 4.84. The molecule has 0 unspecified atom stereocenters. The number of benzene rings is 2. The molecule has 0 radical (unpaired) electrons. The van der Waals surface area contributed by atoms with Gasteiger partial charge in [-0.25, -0.2) is 4.39 Å². The van der Waals surface area contributed by atoms with Gasteiger partial charge in [0.1, 0.15) is 11.6 Å². The molecule has 21 heavy (non-hydrogen) atoms. The van der Waals surface area contributed by atoms with Gasteiger partial charge >= 0.3 is 0 Å². The summed E-state index contributed by atoms with van der Waals surface area (Å²) in [5, 5.41) is 3.34. The molecule has 0 saturated heterocycles. The highest BCUT2D eigenvalue weighted by Gasteiger charge is 2.06. The second kappa shape index (κ2) is 7.11. The monoisotopic (exact) mass is 287 g/mol. The summed E-state index contributed by atoms with van der Waals surface area (Å²) in [6.07, 6.45) is 0.969. The minimum atomic E-state index is -0.205. The summed E-state index contributed by atoms with van der Waals surface area (Å²) in [6.45, 7) is 7.38. The summed E-state index contributed by atoms with van der Waals surface area (Å²) in [7, 11) is 0. The summed E-state index contributed by atoms with van der Waals surface area (Å²) in [5.41, 5.74) is 4.13. The largest absolute Gasteiger partial charge is 0.491 e. The van der Waals surface area contributed by atoms with Gasteiger partial charge in [-0.15, -0.1) is 0 Å².